The highest BCUT2D eigenvalue weighted by Crippen LogP contribution is 2.35. The van der Waals surface area contributed by atoms with E-state index < -0.39 is 22.5 Å². The Balaban J connectivity index is 2.55. The molecule has 0 aliphatic rings. The average Bonchev–Trinajstić information content (AvgIpc) is 2.64. The van der Waals surface area contributed by atoms with Crippen LogP contribution in [0.1, 0.15) is 5.56 Å². The molecule has 1 aromatic heterocycles. The number of nitrogens with one attached hydrogen (secondary N) is 1. The van der Waals surface area contributed by atoms with E-state index in [0.29, 0.717) is 0 Å². The molecule has 0 bridgehead atoms. The van der Waals surface area contributed by atoms with Crippen molar-refractivity contribution in [3.05, 3.63) is 45.6 Å². The first-order valence-corrected chi connectivity index (χ1v) is 4.76. The van der Waals surface area contributed by atoms with Crippen molar-refractivity contribution in [3.8, 4) is 5.69 Å². The molecule has 0 saturated heterocycles. The third kappa shape index (κ3) is 2.33. The van der Waals surface area contributed by atoms with Gasteiger partial charge in [-0.3, -0.25) is 0 Å². The van der Waals surface area contributed by atoms with E-state index in [-0.39, 0.29) is 5.69 Å². The minimum Gasteiger partial charge on any atom is -0.244 e. The van der Waals surface area contributed by atoms with Gasteiger partial charge in [0.15, 0.2) is 0 Å². The van der Waals surface area contributed by atoms with Crippen molar-refractivity contribution in [2.45, 2.75) is 6.18 Å². The van der Waals surface area contributed by atoms with Crippen LogP contribution in [0.5, 0.6) is 0 Å². The quantitative estimate of drug-likeness (QED) is 0.858. The number of nitrogens with zero attached hydrogens (tertiary/aromatic N) is 2. The molecule has 0 aliphatic carbocycles. The number of aromatic nitrogens is 3. The molecule has 1 aromatic carbocycles. The van der Waals surface area contributed by atoms with Crippen molar-refractivity contribution < 1.29 is 13.2 Å². The summed E-state index contributed by atoms with van der Waals surface area (Å²) in [6.45, 7) is 0. The number of benzene rings is 1. The second-order valence-corrected chi connectivity index (χ2v) is 3.60. The van der Waals surface area contributed by atoms with Crippen LogP contribution >= 0.6 is 11.6 Å². The van der Waals surface area contributed by atoms with Crippen LogP contribution in [0.3, 0.4) is 0 Å². The lowest BCUT2D eigenvalue weighted by atomic mass is 10.2. The Kier molecular flexibility index (Phi) is 2.70. The normalized spacial score (nSPS) is 11.8. The number of rotatable bonds is 1. The molecule has 0 amide bonds. The molecule has 8 heteroatoms. The highest BCUT2D eigenvalue weighted by molar-refractivity contribution is 6.31. The lowest BCUT2D eigenvalue weighted by molar-refractivity contribution is -0.137. The number of alkyl halides is 3. The molecular formula is C9H5ClF3N3O. The summed E-state index contributed by atoms with van der Waals surface area (Å²) in [5.74, 6) is 0. The van der Waals surface area contributed by atoms with E-state index in [4.69, 9.17) is 11.6 Å². The van der Waals surface area contributed by atoms with Gasteiger partial charge in [0, 0.05) is 0 Å². The highest BCUT2D eigenvalue weighted by Gasteiger charge is 2.33. The maximum atomic E-state index is 12.6. The number of hydrogen-bond acceptors (Lipinski definition) is 2. The lowest BCUT2D eigenvalue weighted by Crippen LogP contribution is -2.09. The van der Waals surface area contributed by atoms with Crippen molar-refractivity contribution in [1.29, 1.82) is 0 Å². The van der Waals surface area contributed by atoms with Crippen molar-refractivity contribution in [2.24, 2.45) is 0 Å². The van der Waals surface area contributed by atoms with Gasteiger partial charge in [-0.2, -0.15) is 18.2 Å². The van der Waals surface area contributed by atoms with Gasteiger partial charge in [0.1, 0.15) is 6.33 Å². The number of aromatic amines is 1. The van der Waals surface area contributed by atoms with Crippen molar-refractivity contribution in [1.82, 2.24) is 14.8 Å². The van der Waals surface area contributed by atoms with Crippen LogP contribution < -0.4 is 5.69 Å². The molecule has 0 spiro atoms. The fourth-order valence-corrected chi connectivity index (χ4v) is 1.51. The van der Waals surface area contributed by atoms with Crippen LogP contribution in [-0.4, -0.2) is 14.8 Å². The third-order valence-electron chi connectivity index (χ3n) is 2.04. The molecule has 0 aliphatic heterocycles. The van der Waals surface area contributed by atoms with Gasteiger partial charge in [0.25, 0.3) is 0 Å². The van der Waals surface area contributed by atoms with Crippen molar-refractivity contribution in [3.63, 3.8) is 0 Å². The number of H-pyrrole nitrogens is 1. The van der Waals surface area contributed by atoms with Gasteiger partial charge in [0.2, 0.25) is 0 Å². The maximum absolute atomic E-state index is 12.6. The first-order valence-electron chi connectivity index (χ1n) is 4.39. The standard InChI is InChI=1S/C9H5ClF3N3O/c10-7-2-1-5(3-6(7)9(11,12)13)16-4-14-8(17)15-16/h1-4H,(H,15,17). The van der Waals surface area contributed by atoms with Gasteiger partial charge in [0.05, 0.1) is 16.3 Å². The van der Waals surface area contributed by atoms with Gasteiger partial charge in [-0.05, 0) is 18.2 Å². The Morgan fingerprint density at radius 1 is 1.35 bits per heavy atom. The molecule has 0 unspecified atom stereocenters. The van der Waals surface area contributed by atoms with E-state index in [1.165, 1.54) is 6.07 Å². The first-order chi connectivity index (χ1) is 7.88. The Bertz CT molecular complexity index is 602. The van der Waals surface area contributed by atoms with Gasteiger partial charge in [-0.15, -0.1) is 0 Å². The summed E-state index contributed by atoms with van der Waals surface area (Å²) in [6, 6.07) is 3.28. The summed E-state index contributed by atoms with van der Waals surface area (Å²) in [4.78, 5) is 14.1. The van der Waals surface area contributed by atoms with Crippen molar-refractivity contribution >= 4 is 11.6 Å². The summed E-state index contributed by atoms with van der Waals surface area (Å²) in [5, 5.41) is 1.83. The molecular weight excluding hydrogens is 259 g/mol. The Morgan fingerprint density at radius 2 is 2.06 bits per heavy atom. The molecule has 90 valence electrons. The summed E-state index contributed by atoms with van der Waals surface area (Å²) in [5.41, 5.74) is -1.49. The SMILES string of the molecule is O=c1ncn(-c2ccc(Cl)c(C(F)(F)F)c2)[nH]1. The van der Waals surface area contributed by atoms with Crippen LogP contribution in [0.2, 0.25) is 5.02 Å². The van der Waals surface area contributed by atoms with E-state index >= 15 is 0 Å². The largest absolute Gasteiger partial charge is 0.417 e. The van der Waals surface area contributed by atoms with Crippen LogP contribution in [0.15, 0.2) is 29.3 Å². The molecule has 2 aromatic rings. The predicted molar refractivity (Wildman–Crippen MR) is 54.2 cm³/mol. The zero-order valence-electron chi connectivity index (χ0n) is 8.12. The van der Waals surface area contributed by atoms with Gasteiger partial charge in [-0.1, -0.05) is 11.6 Å². The van der Waals surface area contributed by atoms with Crippen molar-refractivity contribution in [2.75, 3.05) is 0 Å². The molecule has 0 saturated carbocycles. The number of halogens is 4. The van der Waals surface area contributed by atoms with E-state index in [1.54, 1.807) is 0 Å². The smallest absolute Gasteiger partial charge is 0.244 e. The van der Waals surface area contributed by atoms with Crippen LogP contribution in [0, 0.1) is 0 Å². The second kappa shape index (κ2) is 3.92. The zero-order valence-corrected chi connectivity index (χ0v) is 8.88. The fraction of sp³-hybridized carbons (Fsp3) is 0.111. The molecule has 0 fully saturated rings. The van der Waals surface area contributed by atoms with Gasteiger partial charge >= 0.3 is 11.9 Å². The summed E-state index contributed by atoms with van der Waals surface area (Å²) < 4.78 is 38.8. The van der Waals surface area contributed by atoms with E-state index in [1.807, 2.05) is 0 Å². The van der Waals surface area contributed by atoms with Gasteiger partial charge < -0.3 is 0 Å². The first kappa shape index (κ1) is 11.7. The molecule has 0 atom stereocenters. The highest BCUT2D eigenvalue weighted by atomic mass is 35.5. The van der Waals surface area contributed by atoms with Crippen LogP contribution in [0.4, 0.5) is 13.2 Å². The Labute approximate surface area is 97.6 Å². The molecule has 1 N–H and O–H groups in total. The average molecular weight is 264 g/mol. The lowest BCUT2D eigenvalue weighted by Gasteiger charge is -2.10. The maximum Gasteiger partial charge on any atom is 0.417 e. The Morgan fingerprint density at radius 3 is 2.59 bits per heavy atom. The van der Waals surface area contributed by atoms with Crippen LogP contribution in [0.25, 0.3) is 5.69 Å². The minimum absolute atomic E-state index is 0.122. The minimum atomic E-state index is -4.55. The summed E-state index contributed by atoms with van der Waals surface area (Å²) >= 11 is 5.46. The molecule has 0 radical (unpaired) electrons. The van der Waals surface area contributed by atoms with Gasteiger partial charge in [-0.25, -0.2) is 14.6 Å². The fourth-order valence-electron chi connectivity index (χ4n) is 1.28. The predicted octanol–water partition coefficient (Wildman–Crippen LogP) is 2.23. The number of hydrogen-bond donors (Lipinski definition) is 1. The van der Waals surface area contributed by atoms with E-state index in [9.17, 15) is 18.0 Å². The van der Waals surface area contributed by atoms with Crippen LogP contribution in [-0.2, 0) is 6.18 Å². The van der Waals surface area contributed by atoms with E-state index in [2.05, 4.69) is 10.1 Å². The monoisotopic (exact) mass is 263 g/mol. The molecule has 2 rings (SSSR count). The van der Waals surface area contributed by atoms with E-state index in [0.717, 1.165) is 23.1 Å². The third-order valence-corrected chi connectivity index (χ3v) is 2.37. The molecule has 4 nitrogen and oxygen atoms in total. The Hall–Kier alpha value is -1.76. The summed E-state index contributed by atoms with van der Waals surface area (Å²) in [6.07, 6.45) is -3.46. The molecule has 1 heterocycles. The topological polar surface area (TPSA) is 50.7 Å². The molecule has 17 heavy (non-hydrogen) atoms. The zero-order chi connectivity index (χ0) is 12.6. The summed E-state index contributed by atoms with van der Waals surface area (Å²) in [7, 11) is 0. The second-order valence-electron chi connectivity index (χ2n) is 3.19.